The molecule has 0 saturated heterocycles. The molecule has 0 spiro atoms. The summed E-state index contributed by atoms with van der Waals surface area (Å²) in [7, 11) is 0. The fourth-order valence-electron chi connectivity index (χ4n) is 2.76. The topological polar surface area (TPSA) is 109 Å². The van der Waals surface area contributed by atoms with Crippen LogP contribution in [0.15, 0.2) is 42.5 Å². The van der Waals surface area contributed by atoms with Gasteiger partial charge in [-0.3, -0.25) is 9.59 Å². The van der Waals surface area contributed by atoms with E-state index in [1.807, 2.05) is 13.8 Å². The second-order valence-corrected chi connectivity index (χ2v) is 7.09. The average Bonchev–Trinajstić information content (AvgIpc) is 2.67. The first-order valence-electron chi connectivity index (χ1n) is 9.38. The quantitative estimate of drug-likeness (QED) is 0.623. The number of urea groups is 1. The molecule has 0 fully saturated rings. The molecule has 0 aliphatic carbocycles. The highest BCUT2D eigenvalue weighted by Gasteiger charge is 2.23. The lowest BCUT2D eigenvalue weighted by molar-refractivity contribution is -0.122. The number of ether oxygens (including phenoxy) is 1. The van der Waals surface area contributed by atoms with Crippen LogP contribution in [0.25, 0.3) is 0 Å². The Morgan fingerprint density at radius 3 is 2.55 bits per heavy atom. The van der Waals surface area contributed by atoms with Gasteiger partial charge in [-0.05, 0) is 56.7 Å². The monoisotopic (exact) mass is 396 g/mol. The predicted octanol–water partition coefficient (Wildman–Crippen LogP) is 2.87. The lowest BCUT2D eigenvalue weighted by Gasteiger charge is -2.23. The van der Waals surface area contributed by atoms with Crippen LogP contribution in [0.2, 0.25) is 0 Å². The molecule has 0 unspecified atom stereocenters. The molecule has 0 saturated carbocycles. The minimum absolute atomic E-state index is 0.0629. The standard InChI is InChI=1S/C21H24N4O4/c1-12(2)23-21(28)22-11-14-4-6-15(7-5-14)20(27)24-16-8-9-18-17(10-16)25-19(26)13(3)29-18/h4-10,12-13H,11H2,1-3H3,(H,24,27)(H,25,26)(H2,22,23,28)/t13-/m1/s1. The summed E-state index contributed by atoms with van der Waals surface area (Å²) in [6.07, 6.45) is -0.549. The van der Waals surface area contributed by atoms with Crippen LogP contribution in [0.4, 0.5) is 16.2 Å². The third kappa shape index (κ3) is 5.25. The van der Waals surface area contributed by atoms with E-state index < -0.39 is 6.10 Å². The van der Waals surface area contributed by atoms with Crippen molar-refractivity contribution in [2.75, 3.05) is 10.6 Å². The highest BCUT2D eigenvalue weighted by atomic mass is 16.5. The van der Waals surface area contributed by atoms with Crippen LogP contribution in [0.3, 0.4) is 0 Å². The van der Waals surface area contributed by atoms with E-state index in [1.165, 1.54) is 0 Å². The van der Waals surface area contributed by atoms with E-state index in [0.29, 0.717) is 29.2 Å². The van der Waals surface area contributed by atoms with Crippen LogP contribution in [-0.2, 0) is 11.3 Å². The fraction of sp³-hybridized carbons (Fsp3) is 0.286. The van der Waals surface area contributed by atoms with Crippen molar-refractivity contribution in [3.63, 3.8) is 0 Å². The number of hydrogen-bond donors (Lipinski definition) is 4. The maximum Gasteiger partial charge on any atom is 0.315 e. The van der Waals surface area contributed by atoms with E-state index in [1.54, 1.807) is 49.4 Å². The van der Waals surface area contributed by atoms with E-state index >= 15 is 0 Å². The van der Waals surface area contributed by atoms with Crippen molar-refractivity contribution in [3.05, 3.63) is 53.6 Å². The van der Waals surface area contributed by atoms with Crippen LogP contribution in [0.5, 0.6) is 5.75 Å². The molecule has 2 aromatic carbocycles. The molecule has 1 aliphatic rings. The zero-order valence-electron chi connectivity index (χ0n) is 16.5. The molecule has 1 heterocycles. The molecule has 3 rings (SSSR count). The van der Waals surface area contributed by atoms with E-state index in [0.717, 1.165) is 5.56 Å². The van der Waals surface area contributed by atoms with Gasteiger partial charge in [-0.25, -0.2) is 4.79 Å². The van der Waals surface area contributed by atoms with Crippen molar-refractivity contribution >= 4 is 29.2 Å². The van der Waals surface area contributed by atoms with Gasteiger partial charge < -0.3 is 26.0 Å². The molecule has 0 aromatic heterocycles. The van der Waals surface area contributed by atoms with E-state index in [-0.39, 0.29) is 23.9 Å². The zero-order valence-corrected chi connectivity index (χ0v) is 16.5. The Hall–Kier alpha value is -3.55. The normalized spacial score (nSPS) is 15.0. The molecule has 4 N–H and O–H groups in total. The Bertz CT molecular complexity index is 925. The summed E-state index contributed by atoms with van der Waals surface area (Å²) in [5, 5.41) is 11.1. The van der Waals surface area contributed by atoms with Gasteiger partial charge in [0.15, 0.2) is 6.10 Å². The number of carbonyl (C=O) groups is 3. The first kappa shape index (κ1) is 20.2. The number of amides is 4. The molecule has 0 bridgehead atoms. The summed E-state index contributed by atoms with van der Waals surface area (Å²) < 4.78 is 5.50. The molecule has 8 nitrogen and oxygen atoms in total. The van der Waals surface area contributed by atoms with Crippen molar-refractivity contribution in [3.8, 4) is 5.75 Å². The zero-order chi connectivity index (χ0) is 21.0. The number of fused-ring (bicyclic) bond motifs is 1. The van der Waals surface area contributed by atoms with Gasteiger partial charge in [-0.2, -0.15) is 0 Å². The molecule has 1 atom stereocenters. The van der Waals surface area contributed by atoms with E-state index in [9.17, 15) is 14.4 Å². The maximum absolute atomic E-state index is 12.5. The fourth-order valence-corrected chi connectivity index (χ4v) is 2.76. The molecule has 29 heavy (non-hydrogen) atoms. The van der Waals surface area contributed by atoms with Crippen LogP contribution in [0, 0.1) is 0 Å². The molecule has 152 valence electrons. The largest absolute Gasteiger partial charge is 0.479 e. The average molecular weight is 396 g/mol. The Morgan fingerprint density at radius 1 is 1.14 bits per heavy atom. The smallest absolute Gasteiger partial charge is 0.315 e. The van der Waals surface area contributed by atoms with Gasteiger partial charge in [-0.1, -0.05) is 12.1 Å². The van der Waals surface area contributed by atoms with Crippen LogP contribution in [0.1, 0.15) is 36.7 Å². The van der Waals surface area contributed by atoms with E-state index in [4.69, 9.17) is 4.74 Å². The lowest BCUT2D eigenvalue weighted by Crippen LogP contribution is -2.39. The minimum atomic E-state index is -0.549. The first-order valence-corrected chi connectivity index (χ1v) is 9.38. The first-order chi connectivity index (χ1) is 13.8. The number of rotatable bonds is 5. The van der Waals surface area contributed by atoms with Gasteiger partial charge in [0, 0.05) is 23.8 Å². The maximum atomic E-state index is 12.5. The van der Waals surface area contributed by atoms with Gasteiger partial charge in [-0.15, -0.1) is 0 Å². The highest BCUT2D eigenvalue weighted by molar-refractivity contribution is 6.05. The Balaban J connectivity index is 1.59. The number of nitrogens with one attached hydrogen (secondary N) is 4. The predicted molar refractivity (Wildman–Crippen MR) is 110 cm³/mol. The Labute approximate surface area is 169 Å². The number of carbonyl (C=O) groups excluding carboxylic acids is 3. The van der Waals surface area contributed by atoms with Crippen molar-refractivity contribution < 1.29 is 19.1 Å². The summed E-state index contributed by atoms with van der Waals surface area (Å²) in [6, 6.07) is 11.9. The molecule has 2 aromatic rings. The van der Waals surface area contributed by atoms with Crippen molar-refractivity contribution in [2.24, 2.45) is 0 Å². The highest BCUT2D eigenvalue weighted by Crippen LogP contribution is 2.32. The number of anilines is 2. The van der Waals surface area contributed by atoms with Gasteiger partial charge in [0.2, 0.25) is 0 Å². The summed E-state index contributed by atoms with van der Waals surface area (Å²) in [5.74, 6) is 0.0548. The van der Waals surface area contributed by atoms with Crippen LogP contribution < -0.4 is 26.0 Å². The molecular weight excluding hydrogens is 372 g/mol. The van der Waals surface area contributed by atoms with E-state index in [2.05, 4.69) is 21.3 Å². The van der Waals surface area contributed by atoms with Gasteiger partial charge in [0.05, 0.1) is 5.69 Å². The van der Waals surface area contributed by atoms with Crippen molar-refractivity contribution in [1.82, 2.24) is 10.6 Å². The second-order valence-electron chi connectivity index (χ2n) is 7.09. The van der Waals surface area contributed by atoms with Crippen LogP contribution in [-0.4, -0.2) is 30.0 Å². The molecule has 8 heteroatoms. The summed E-state index contributed by atoms with van der Waals surface area (Å²) in [4.78, 5) is 35.8. The molecule has 1 aliphatic heterocycles. The molecule has 0 radical (unpaired) electrons. The summed E-state index contributed by atoms with van der Waals surface area (Å²) in [6.45, 7) is 5.81. The second kappa shape index (κ2) is 8.64. The Kier molecular flexibility index (Phi) is 6.01. The van der Waals surface area contributed by atoms with Gasteiger partial charge in [0.25, 0.3) is 11.8 Å². The lowest BCUT2D eigenvalue weighted by atomic mass is 10.1. The number of hydrogen-bond acceptors (Lipinski definition) is 4. The third-order valence-corrected chi connectivity index (χ3v) is 4.26. The number of benzene rings is 2. The summed E-state index contributed by atoms with van der Waals surface area (Å²) in [5.41, 5.74) is 2.42. The SMILES string of the molecule is CC(C)NC(=O)NCc1ccc(C(=O)Nc2ccc3c(c2)NC(=O)[C@@H](C)O3)cc1. The third-order valence-electron chi connectivity index (χ3n) is 4.26. The van der Waals surface area contributed by atoms with Crippen molar-refractivity contribution in [2.45, 2.75) is 39.5 Å². The van der Waals surface area contributed by atoms with Crippen LogP contribution >= 0.6 is 0 Å². The Morgan fingerprint density at radius 2 is 1.86 bits per heavy atom. The minimum Gasteiger partial charge on any atom is -0.479 e. The summed E-state index contributed by atoms with van der Waals surface area (Å²) >= 11 is 0. The van der Waals surface area contributed by atoms with Gasteiger partial charge in [0.1, 0.15) is 5.75 Å². The molecule has 4 amide bonds. The van der Waals surface area contributed by atoms with Gasteiger partial charge >= 0.3 is 6.03 Å². The van der Waals surface area contributed by atoms with Crippen molar-refractivity contribution in [1.29, 1.82) is 0 Å². The molecular formula is C21H24N4O4.